The molecule has 0 unspecified atom stereocenters. The van der Waals surface area contributed by atoms with Gasteiger partial charge in [0.25, 0.3) is 0 Å². The summed E-state index contributed by atoms with van der Waals surface area (Å²) in [5.74, 6) is 0. The molecule has 3 heteroatoms. The summed E-state index contributed by atoms with van der Waals surface area (Å²) >= 11 is 0. The molecule has 0 saturated carbocycles. The molecule has 0 radical (unpaired) electrons. The van der Waals surface area contributed by atoms with Crippen molar-refractivity contribution in [3.8, 4) is 0 Å². The average molecular weight is 176 g/mol. The van der Waals surface area contributed by atoms with Crippen LogP contribution in [0.4, 0.5) is 0 Å². The van der Waals surface area contributed by atoms with Crippen LogP contribution in [0.15, 0.2) is 0 Å². The van der Waals surface area contributed by atoms with Crippen molar-refractivity contribution in [1.82, 2.24) is 0 Å². The van der Waals surface area contributed by atoms with Crippen molar-refractivity contribution >= 4 is 0 Å². The van der Waals surface area contributed by atoms with Crippen molar-refractivity contribution < 1.29 is 14.6 Å². The number of aliphatic hydroxyl groups excluding tert-OH is 1. The third kappa shape index (κ3) is 6.58. The van der Waals surface area contributed by atoms with Crippen molar-refractivity contribution in [2.24, 2.45) is 5.41 Å². The molecule has 74 valence electrons. The lowest BCUT2D eigenvalue weighted by Crippen LogP contribution is -2.24. The molecule has 12 heavy (non-hydrogen) atoms. The van der Waals surface area contributed by atoms with Crippen LogP contribution in [0, 0.1) is 5.41 Å². The zero-order chi connectivity index (χ0) is 9.45. The summed E-state index contributed by atoms with van der Waals surface area (Å²) in [5.41, 5.74) is -0.118. The normalized spacial score (nSPS) is 12.0. The highest BCUT2D eigenvalue weighted by atomic mass is 16.5. The Bertz CT molecular complexity index is 102. The largest absolute Gasteiger partial charge is 0.396 e. The Kier molecular flexibility index (Phi) is 6.34. The molecule has 0 aliphatic heterocycles. The summed E-state index contributed by atoms with van der Waals surface area (Å²) in [6.07, 6.45) is 0.915. The van der Waals surface area contributed by atoms with Gasteiger partial charge in [-0.1, -0.05) is 13.8 Å². The highest BCUT2D eigenvalue weighted by molar-refractivity contribution is 4.64. The molecule has 0 saturated heterocycles. The minimum absolute atomic E-state index is 0.118. The molecule has 0 aliphatic carbocycles. The fraction of sp³-hybridized carbons (Fsp3) is 1.00. The maximum absolute atomic E-state index is 8.89. The Balaban J connectivity index is 3.19. The van der Waals surface area contributed by atoms with Crippen LogP contribution in [0.25, 0.3) is 0 Å². The van der Waals surface area contributed by atoms with Gasteiger partial charge in [0.05, 0.1) is 13.2 Å². The van der Waals surface area contributed by atoms with E-state index in [1.165, 1.54) is 0 Å². The van der Waals surface area contributed by atoms with Crippen LogP contribution in [0.1, 0.15) is 20.3 Å². The molecule has 0 aromatic carbocycles. The van der Waals surface area contributed by atoms with Gasteiger partial charge in [0, 0.05) is 25.7 Å². The van der Waals surface area contributed by atoms with Crippen LogP contribution in [0.2, 0.25) is 0 Å². The van der Waals surface area contributed by atoms with Gasteiger partial charge >= 0.3 is 0 Å². The van der Waals surface area contributed by atoms with E-state index in [0.717, 1.165) is 13.0 Å². The average Bonchev–Trinajstić information content (AvgIpc) is 2.04. The van der Waals surface area contributed by atoms with E-state index in [2.05, 4.69) is 0 Å². The Morgan fingerprint density at radius 2 is 1.92 bits per heavy atom. The first-order valence-electron chi connectivity index (χ1n) is 4.30. The van der Waals surface area contributed by atoms with Gasteiger partial charge in [-0.25, -0.2) is 0 Å². The van der Waals surface area contributed by atoms with Crippen molar-refractivity contribution in [2.45, 2.75) is 20.3 Å². The number of aliphatic hydroxyl groups is 1. The van der Waals surface area contributed by atoms with Gasteiger partial charge in [-0.15, -0.1) is 0 Å². The first kappa shape index (κ1) is 11.9. The standard InChI is InChI=1S/C9H20O3/c1-9(2,7-10)8-12-6-4-5-11-3/h10H,4-8H2,1-3H3. The van der Waals surface area contributed by atoms with E-state index in [9.17, 15) is 0 Å². The second-order valence-corrected chi connectivity index (χ2v) is 3.72. The maximum atomic E-state index is 8.89. The zero-order valence-corrected chi connectivity index (χ0v) is 8.30. The number of rotatable bonds is 7. The molecule has 0 atom stereocenters. The molecule has 0 aliphatic rings. The highest BCUT2D eigenvalue weighted by Crippen LogP contribution is 2.13. The van der Waals surface area contributed by atoms with Crippen molar-refractivity contribution in [1.29, 1.82) is 0 Å². The summed E-state index contributed by atoms with van der Waals surface area (Å²) in [5, 5.41) is 8.89. The molecule has 0 aromatic heterocycles. The van der Waals surface area contributed by atoms with E-state index in [1.54, 1.807) is 7.11 Å². The summed E-state index contributed by atoms with van der Waals surface area (Å²) in [6, 6.07) is 0. The van der Waals surface area contributed by atoms with Crippen LogP contribution >= 0.6 is 0 Å². The highest BCUT2D eigenvalue weighted by Gasteiger charge is 2.15. The number of ether oxygens (including phenoxy) is 2. The Labute approximate surface area is 74.7 Å². The van der Waals surface area contributed by atoms with Gasteiger partial charge in [-0.2, -0.15) is 0 Å². The summed E-state index contributed by atoms with van der Waals surface area (Å²) < 4.78 is 10.2. The van der Waals surface area contributed by atoms with Gasteiger partial charge in [0.1, 0.15) is 0 Å². The second-order valence-electron chi connectivity index (χ2n) is 3.72. The predicted octanol–water partition coefficient (Wildman–Crippen LogP) is 1.06. The van der Waals surface area contributed by atoms with Gasteiger partial charge in [-0.3, -0.25) is 0 Å². The molecule has 0 aromatic rings. The topological polar surface area (TPSA) is 38.7 Å². The van der Waals surface area contributed by atoms with E-state index in [1.807, 2.05) is 13.8 Å². The lowest BCUT2D eigenvalue weighted by Gasteiger charge is -2.20. The van der Waals surface area contributed by atoms with E-state index < -0.39 is 0 Å². The first-order valence-corrected chi connectivity index (χ1v) is 4.30. The van der Waals surface area contributed by atoms with Gasteiger partial charge in [0.2, 0.25) is 0 Å². The van der Waals surface area contributed by atoms with Crippen molar-refractivity contribution in [3.63, 3.8) is 0 Å². The van der Waals surface area contributed by atoms with Crippen LogP contribution < -0.4 is 0 Å². The zero-order valence-electron chi connectivity index (χ0n) is 8.30. The molecule has 0 spiro atoms. The van der Waals surface area contributed by atoms with Crippen LogP contribution in [-0.2, 0) is 9.47 Å². The first-order chi connectivity index (χ1) is 5.62. The third-order valence-corrected chi connectivity index (χ3v) is 1.56. The summed E-state index contributed by atoms with van der Waals surface area (Å²) in [6.45, 7) is 6.16. The van der Waals surface area contributed by atoms with Crippen LogP contribution in [-0.4, -0.2) is 38.6 Å². The van der Waals surface area contributed by atoms with Crippen LogP contribution in [0.5, 0.6) is 0 Å². The van der Waals surface area contributed by atoms with Crippen molar-refractivity contribution in [3.05, 3.63) is 0 Å². The minimum atomic E-state index is -0.118. The smallest absolute Gasteiger partial charge is 0.0539 e. The monoisotopic (exact) mass is 176 g/mol. The minimum Gasteiger partial charge on any atom is -0.396 e. The maximum Gasteiger partial charge on any atom is 0.0539 e. The quantitative estimate of drug-likeness (QED) is 0.589. The van der Waals surface area contributed by atoms with Crippen molar-refractivity contribution in [2.75, 3.05) is 33.5 Å². The van der Waals surface area contributed by atoms with Crippen LogP contribution in [0.3, 0.4) is 0 Å². The molecule has 3 nitrogen and oxygen atoms in total. The van der Waals surface area contributed by atoms with Gasteiger partial charge in [0.15, 0.2) is 0 Å². The molecule has 0 rings (SSSR count). The van der Waals surface area contributed by atoms with Gasteiger partial charge in [-0.05, 0) is 6.42 Å². The number of hydrogen-bond donors (Lipinski definition) is 1. The lowest BCUT2D eigenvalue weighted by molar-refractivity contribution is 0.0206. The fourth-order valence-electron chi connectivity index (χ4n) is 0.699. The Morgan fingerprint density at radius 1 is 1.25 bits per heavy atom. The molecular weight excluding hydrogens is 156 g/mol. The van der Waals surface area contributed by atoms with E-state index in [-0.39, 0.29) is 12.0 Å². The van der Waals surface area contributed by atoms with E-state index in [4.69, 9.17) is 14.6 Å². The summed E-state index contributed by atoms with van der Waals surface area (Å²) in [7, 11) is 1.68. The Hall–Kier alpha value is -0.120. The second kappa shape index (κ2) is 6.40. The molecule has 0 bridgehead atoms. The fourth-order valence-corrected chi connectivity index (χ4v) is 0.699. The lowest BCUT2D eigenvalue weighted by atomic mass is 9.97. The molecular formula is C9H20O3. The SMILES string of the molecule is COCCCOCC(C)(C)CO. The summed E-state index contributed by atoms with van der Waals surface area (Å²) in [4.78, 5) is 0. The third-order valence-electron chi connectivity index (χ3n) is 1.56. The molecule has 0 heterocycles. The predicted molar refractivity (Wildman–Crippen MR) is 48.2 cm³/mol. The molecule has 0 amide bonds. The van der Waals surface area contributed by atoms with E-state index in [0.29, 0.717) is 13.2 Å². The number of hydrogen-bond acceptors (Lipinski definition) is 3. The van der Waals surface area contributed by atoms with Gasteiger partial charge < -0.3 is 14.6 Å². The van der Waals surface area contributed by atoms with E-state index >= 15 is 0 Å². The molecule has 1 N–H and O–H groups in total. The Morgan fingerprint density at radius 3 is 2.42 bits per heavy atom. The number of methoxy groups -OCH3 is 1. The molecule has 0 fully saturated rings.